The summed E-state index contributed by atoms with van der Waals surface area (Å²) in [5.74, 6) is -0.254. The van der Waals surface area contributed by atoms with Gasteiger partial charge in [-0.2, -0.15) is 0 Å². The first-order chi connectivity index (χ1) is 9.11. The second-order valence-corrected chi connectivity index (χ2v) is 6.06. The summed E-state index contributed by atoms with van der Waals surface area (Å²) in [5.41, 5.74) is 1.00. The summed E-state index contributed by atoms with van der Waals surface area (Å²) in [5, 5.41) is 0.474. The van der Waals surface area contributed by atoms with Gasteiger partial charge in [-0.05, 0) is 31.2 Å². The smallest absolute Gasteiger partial charge is 0.318 e. The number of halogens is 1. The predicted molar refractivity (Wildman–Crippen MR) is 78.6 cm³/mol. The predicted octanol–water partition coefficient (Wildman–Crippen LogP) is 3.29. The third kappa shape index (κ3) is 3.39. The van der Waals surface area contributed by atoms with E-state index in [2.05, 4.69) is 20.9 Å². The van der Waals surface area contributed by atoms with Crippen LogP contribution in [0.4, 0.5) is 0 Å². The molecule has 1 aromatic heterocycles. The van der Waals surface area contributed by atoms with Crippen molar-refractivity contribution in [1.82, 2.24) is 9.55 Å². The van der Waals surface area contributed by atoms with Crippen LogP contribution in [0.3, 0.4) is 0 Å². The Hall–Kier alpha value is -1.27. The Balaban J connectivity index is 2.22. The van der Waals surface area contributed by atoms with Crippen LogP contribution in [0.5, 0.6) is 0 Å². The Morgan fingerprint density at radius 3 is 2.74 bits per heavy atom. The molecule has 6 heteroatoms. The molecule has 0 bridgehead atoms. The molecular weight excluding hydrogens is 328 g/mol. The zero-order valence-corrected chi connectivity index (χ0v) is 12.9. The normalized spacial score (nSPS) is 12.2. The van der Waals surface area contributed by atoms with Gasteiger partial charge in [0.2, 0.25) is 0 Å². The molecule has 0 aliphatic rings. The molecule has 0 radical (unpaired) electrons. The Kier molecular flexibility index (Phi) is 4.66. The van der Waals surface area contributed by atoms with Gasteiger partial charge >= 0.3 is 5.97 Å². The van der Waals surface area contributed by atoms with E-state index in [1.54, 1.807) is 13.1 Å². The summed E-state index contributed by atoms with van der Waals surface area (Å²) in [6.45, 7) is 1.80. The fraction of sp³-hybridized carbons (Fsp3) is 0.231. The molecule has 0 spiro atoms. The van der Waals surface area contributed by atoms with Crippen LogP contribution in [0, 0.1) is 0 Å². The van der Waals surface area contributed by atoms with Crippen molar-refractivity contribution in [2.75, 3.05) is 7.11 Å². The van der Waals surface area contributed by atoms with Crippen LogP contribution >= 0.6 is 27.7 Å². The van der Waals surface area contributed by atoms with Crippen LogP contribution in [0.2, 0.25) is 0 Å². The molecule has 1 aromatic carbocycles. The van der Waals surface area contributed by atoms with E-state index in [1.165, 1.54) is 18.9 Å². The quantitative estimate of drug-likeness (QED) is 0.632. The number of imidazole rings is 1. The minimum atomic E-state index is -0.290. The van der Waals surface area contributed by atoms with Gasteiger partial charge in [0.05, 0.1) is 7.11 Å². The maximum atomic E-state index is 11.4. The van der Waals surface area contributed by atoms with E-state index in [1.807, 2.05) is 35.0 Å². The lowest BCUT2D eigenvalue weighted by atomic mass is 10.3. The molecule has 2 rings (SSSR count). The second-order valence-electron chi connectivity index (χ2n) is 3.84. The van der Waals surface area contributed by atoms with Gasteiger partial charge in [0, 0.05) is 22.6 Å². The molecule has 0 fully saturated rings. The highest BCUT2D eigenvalue weighted by Crippen LogP contribution is 2.25. The Morgan fingerprint density at radius 1 is 1.42 bits per heavy atom. The fourth-order valence-electron chi connectivity index (χ4n) is 1.55. The molecule has 1 unspecified atom stereocenters. The minimum absolute atomic E-state index is 0.254. The first-order valence-electron chi connectivity index (χ1n) is 5.65. The number of nitrogens with zero attached hydrogens (tertiary/aromatic N) is 2. The van der Waals surface area contributed by atoms with E-state index < -0.39 is 0 Å². The minimum Gasteiger partial charge on any atom is -0.468 e. The molecular formula is C13H13BrN2O2S. The number of carbonyl (C=O) groups is 1. The number of aromatic nitrogens is 2. The molecule has 0 saturated carbocycles. The van der Waals surface area contributed by atoms with Gasteiger partial charge in [0.15, 0.2) is 5.16 Å². The molecule has 1 atom stereocenters. The molecule has 100 valence electrons. The van der Waals surface area contributed by atoms with Crippen molar-refractivity contribution in [3.63, 3.8) is 0 Å². The summed E-state index contributed by atoms with van der Waals surface area (Å²) >= 11 is 4.78. The number of thioether (sulfide) groups is 1. The van der Waals surface area contributed by atoms with Crippen LogP contribution in [0.25, 0.3) is 5.69 Å². The van der Waals surface area contributed by atoms with Crippen molar-refractivity contribution >= 4 is 33.7 Å². The van der Waals surface area contributed by atoms with E-state index in [0.29, 0.717) is 0 Å². The van der Waals surface area contributed by atoms with Crippen molar-refractivity contribution in [2.24, 2.45) is 0 Å². The SMILES string of the molecule is COC(=O)C(C)Sc1nccn1-c1ccc(Br)cc1. The standard InChI is InChI=1S/C13H13BrN2O2S/c1-9(12(17)18-2)19-13-15-7-8-16(13)11-5-3-10(14)4-6-11/h3-9H,1-2H3. The number of esters is 1. The van der Waals surface area contributed by atoms with Gasteiger partial charge in [-0.3, -0.25) is 9.36 Å². The first-order valence-corrected chi connectivity index (χ1v) is 7.33. The maximum absolute atomic E-state index is 11.4. The molecule has 0 amide bonds. The fourth-order valence-corrected chi connectivity index (χ4v) is 2.72. The third-order valence-electron chi connectivity index (χ3n) is 2.53. The molecule has 0 aliphatic carbocycles. The number of hydrogen-bond acceptors (Lipinski definition) is 4. The third-order valence-corrected chi connectivity index (χ3v) is 4.11. The number of benzene rings is 1. The van der Waals surface area contributed by atoms with E-state index in [4.69, 9.17) is 4.74 Å². The molecule has 1 heterocycles. The molecule has 0 N–H and O–H groups in total. The van der Waals surface area contributed by atoms with Gasteiger partial charge in [0.1, 0.15) is 5.25 Å². The Morgan fingerprint density at radius 2 is 2.11 bits per heavy atom. The number of rotatable bonds is 4. The molecule has 19 heavy (non-hydrogen) atoms. The highest BCUT2D eigenvalue weighted by molar-refractivity contribution is 9.10. The average Bonchev–Trinajstić information content (AvgIpc) is 2.86. The lowest BCUT2D eigenvalue weighted by Crippen LogP contribution is -2.15. The maximum Gasteiger partial charge on any atom is 0.318 e. The zero-order valence-electron chi connectivity index (χ0n) is 10.5. The van der Waals surface area contributed by atoms with Crippen molar-refractivity contribution < 1.29 is 9.53 Å². The van der Waals surface area contributed by atoms with E-state index in [9.17, 15) is 4.79 Å². The monoisotopic (exact) mass is 340 g/mol. The number of methoxy groups -OCH3 is 1. The number of ether oxygens (including phenoxy) is 1. The van der Waals surface area contributed by atoms with Crippen LogP contribution < -0.4 is 0 Å². The van der Waals surface area contributed by atoms with Crippen molar-refractivity contribution in [3.05, 3.63) is 41.1 Å². The average molecular weight is 341 g/mol. The summed E-state index contributed by atoms with van der Waals surface area (Å²) < 4.78 is 7.68. The second kappa shape index (κ2) is 6.25. The Labute approximate surface area is 124 Å². The summed E-state index contributed by atoms with van der Waals surface area (Å²) in [4.78, 5) is 15.7. The van der Waals surface area contributed by atoms with Crippen LogP contribution in [0.1, 0.15) is 6.92 Å². The van der Waals surface area contributed by atoms with Gasteiger partial charge in [-0.15, -0.1) is 0 Å². The largest absolute Gasteiger partial charge is 0.468 e. The zero-order chi connectivity index (χ0) is 13.8. The lowest BCUT2D eigenvalue weighted by molar-refractivity contribution is -0.139. The molecule has 0 aliphatic heterocycles. The van der Waals surface area contributed by atoms with Crippen molar-refractivity contribution in [1.29, 1.82) is 0 Å². The van der Waals surface area contributed by atoms with Gasteiger partial charge < -0.3 is 4.74 Å². The van der Waals surface area contributed by atoms with E-state index >= 15 is 0 Å². The van der Waals surface area contributed by atoms with Gasteiger partial charge in [0.25, 0.3) is 0 Å². The molecule has 2 aromatic rings. The van der Waals surface area contributed by atoms with Crippen molar-refractivity contribution in [2.45, 2.75) is 17.3 Å². The summed E-state index contributed by atoms with van der Waals surface area (Å²) in [7, 11) is 1.39. The van der Waals surface area contributed by atoms with Gasteiger partial charge in [-0.25, -0.2) is 4.98 Å². The summed E-state index contributed by atoms with van der Waals surface area (Å²) in [6, 6.07) is 7.90. The molecule has 4 nitrogen and oxygen atoms in total. The van der Waals surface area contributed by atoms with Gasteiger partial charge in [-0.1, -0.05) is 27.7 Å². The number of carbonyl (C=O) groups excluding carboxylic acids is 1. The summed E-state index contributed by atoms with van der Waals surface area (Å²) in [6.07, 6.45) is 3.59. The highest BCUT2D eigenvalue weighted by atomic mass is 79.9. The first kappa shape index (κ1) is 14.1. The van der Waals surface area contributed by atoms with E-state index in [0.717, 1.165) is 15.3 Å². The highest BCUT2D eigenvalue weighted by Gasteiger charge is 2.17. The lowest BCUT2D eigenvalue weighted by Gasteiger charge is -2.11. The van der Waals surface area contributed by atoms with Crippen LogP contribution in [0.15, 0.2) is 46.3 Å². The number of hydrogen-bond donors (Lipinski definition) is 0. The topological polar surface area (TPSA) is 44.1 Å². The van der Waals surface area contributed by atoms with E-state index in [-0.39, 0.29) is 11.2 Å². The Bertz CT molecular complexity index is 568. The van der Waals surface area contributed by atoms with Crippen molar-refractivity contribution in [3.8, 4) is 5.69 Å². The molecule has 0 saturated heterocycles. The van der Waals surface area contributed by atoms with Crippen LogP contribution in [-0.4, -0.2) is 27.9 Å². The van der Waals surface area contributed by atoms with Crippen LogP contribution in [-0.2, 0) is 9.53 Å².